The molecule has 0 atom stereocenters. The molecule has 1 aromatic carbocycles. The Balaban J connectivity index is 2.71. The Bertz CT molecular complexity index is 518. The first-order valence-corrected chi connectivity index (χ1v) is 6.44. The molecule has 0 saturated heterocycles. The van der Waals surface area contributed by atoms with E-state index in [0.29, 0.717) is 18.7 Å². The first kappa shape index (κ1) is 16.0. The third-order valence-corrected chi connectivity index (χ3v) is 3.13. The number of benzene rings is 1. The highest BCUT2D eigenvalue weighted by Crippen LogP contribution is 2.20. The van der Waals surface area contributed by atoms with Gasteiger partial charge in [0.1, 0.15) is 5.75 Å². The number of nitriles is 1. The van der Waals surface area contributed by atoms with Crippen molar-refractivity contribution in [3.8, 4) is 11.8 Å². The molecule has 0 unspecified atom stereocenters. The van der Waals surface area contributed by atoms with Crippen LogP contribution in [-0.4, -0.2) is 26.6 Å². The molecule has 0 bridgehead atoms. The van der Waals surface area contributed by atoms with E-state index in [1.54, 1.807) is 32.4 Å². The predicted molar refractivity (Wildman–Crippen MR) is 77.3 cm³/mol. The molecule has 1 rings (SSSR count). The van der Waals surface area contributed by atoms with Crippen LogP contribution in [0.4, 0.5) is 0 Å². The molecule has 0 fully saturated rings. The second kappa shape index (κ2) is 6.92. The fourth-order valence-corrected chi connectivity index (χ4v) is 1.91. The zero-order chi connectivity index (χ0) is 15.2. The molecule has 20 heavy (non-hydrogen) atoms. The van der Waals surface area contributed by atoms with E-state index in [1.807, 2.05) is 13.8 Å². The molecule has 1 amide bonds. The smallest absolute Gasteiger partial charge is 0.226 e. The quantitative estimate of drug-likeness (QED) is 0.823. The van der Waals surface area contributed by atoms with Gasteiger partial charge in [-0.25, -0.2) is 0 Å². The molecular formula is C15H21N3O2. The number of amides is 1. The number of methoxy groups -OCH3 is 1. The lowest BCUT2D eigenvalue weighted by atomic mass is 9.92. The van der Waals surface area contributed by atoms with Crippen molar-refractivity contribution in [1.82, 2.24) is 10.6 Å². The van der Waals surface area contributed by atoms with Crippen LogP contribution in [0.25, 0.3) is 0 Å². The summed E-state index contributed by atoms with van der Waals surface area (Å²) in [6.45, 7) is 4.83. The number of carbonyl (C=O) groups is 1. The van der Waals surface area contributed by atoms with Crippen LogP contribution in [0.15, 0.2) is 18.2 Å². The van der Waals surface area contributed by atoms with E-state index in [1.165, 1.54) is 0 Å². The predicted octanol–water partition coefficient (Wildman–Crippen LogP) is 1.43. The molecule has 0 radical (unpaired) electrons. The van der Waals surface area contributed by atoms with Gasteiger partial charge in [0.15, 0.2) is 0 Å². The lowest BCUT2D eigenvalue weighted by Crippen LogP contribution is -2.41. The van der Waals surface area contributed by atoms with Gasteiger partial charge >= 0.3 is 0 Å². The number of nitrogens with one attached hydrogen (secondary N) is 2. The van der Waals surface area contributed by atoms with Crippen LogP contribution in [-0.2, 0) is 11.3 Å². The highest BCUT2D eigenvalue weighted by Gasteiger charge is 2.25. The fourth-order valence-electron chi connectivity index (χ4n) is 1.91. The van der Waals surface area contributed by atoms with Gasteiger partial charge in [-0.1, -0.05) is 0 Å². The first-order chi connectivity index (χ1) is 9.44. The minimum Gasteiger partial charge on any atom is -0.496 e. The van der Waals surface area contributed by atoms with Crippen LogP contribution >= 0.6 is 0 Å². The zero-order valence-corrected chi connectivity index (χ0v) is 12.4. The monoisotopic (exact) mass is 275 g/mol. The van der Waals surface area contributed by atoms with E-state index < -0.39 is 5.41 Å². The van der Waals surface area contributed by atoms with E-state index in [9.17, 15) is 4.79 Å². The Hall–Kier alpha value is -2.06. The van der Waals surface area contributed by atoms with E-state index in [0.717, 1.165) is 11.3 Å². The van der Waals surface area contributed by atoms with E-state index in [4.69, 9.17) is 10.00 Å². The molecule has 1 aromatic rings. The molecule has 0 heterocycles. The van der Waals surface area contributed by atoms with Gasteiger partial charge in [-0.3, -0.25) is 4.79 Å². The van der Waals surface area contributed by atoms with Crippen LogP contribution in [0, 0.1) is 16.7 Å². The second-order valence-electron chi connectivity index (χ2n) is 5.20. The first-order valence-electron chi connectivity index (χ1n) is 6.44. The largest absolute Gasteiger partial charge is 0.496 e. The summed E-state index contributed by atoms with van der Waals surface area (Å²) >= 11 is 0. The highest BCUT2D eigenvalue weighted by atomic mass is 16.5. The van der Waals surface area contributed by atoms with Gasteiger partial charge < -0.3 is 15.4 Å². The van der Waals surface area contributed by atoms with Crippen molar-refractivity contribution in [2.75, 3.05) is 20.7 Å². The third-order valence-electron chi connectivity index (χ3n) is 3.13. The molecule has 0 aliphatic carbocycles. The van der Waals surface area contributed by atoms with Crippen LogP contribution in [0.3, 0.4) is 0 Å². The molecule has 2 N–H and O–H groups in total. The molecular weight excluding hydrogens is 254 g/mol. The Morgan fingerprint density at radius 3 is 2.70 bits per heavy atom. The van der Waals surface area contributed by atoms with Crippen molar-refractivity contribution in [2.24, 2.45) is 5.41 Å². The number of ether oxygens (including phenoxy) is 1. The van der Waals surface area contributed by atoms with Gasteiger partial charge in [-0.2, -0.15) is 5.26 Å². The normalized spacial score (nSPS) is 10.8. The molecule has 0 saturated carbocycles. The summed E-state index contributed by atoms with van der Waals surface area (Å²) in [5.41, 5.74) is 1.00. The molecule has 5 nitrogen and oxygen atoms in total. The van der Waals surface area contributed by atoms with Crippen molar-refractivity contribution < 1.29 is 9.53 Å². The average Bonchev–Trinajstić information content (AvgIpc) is 2.45. The van der Waals surface area contributed by atoms with E-state index in [-0.39, 0.29) is 5.91 Å². The number of nitrogens with zero attached hydrogens (tertiary/aromatic N) is 1. The van der Waals surface area contributed by atoms with Gasteiger partial charge in [0.2, 0.25) is 5.91 Å². The molecule has 0 spiro atoms. The van der Waals surface area contributed by atoms with Crippen LogP contribution in [0.2, 0.25) is 0 Å². The van der Waals surface area contributed by atoms with Crippen LogP contribution < -0.4 is 15.4 Å². The van der Waals surface area contributed by atoms with Gasteiger partial charge in [0.05, 0.1) is 24.2 Å². The number of hydrogen-bond acceptors (Lipinski definition) is 4. The van der Waals surface area contributed by atoms with Gasteiger partial charge in [-0.15, -0.1) is 0 Å². The zero-order valence-electron chi connectivity index (χ0n) is 12.4. The summed E-state index contributed by atoms with van der Waals surface area (Å²) in [4.78, 5) is 11.7. The van der Waals surface area contributed by atoms with Crippen LogP contribution in [0.1, 0.15) is 25.0 Å². The van der Waals surface area contributed by atoms with E-state index in [2.05, 4.69) is 16.7 Å². The van der Waals surface area contributed by atoms with Crippen molar-refractivity contribution >= 4 is 5.91 Å². The maximum absolute atomic E-state index is 11.7. The minimum absolute atomic E-state index is 0.0114. The summed E-state index contributed by atoms with van der Waals surface area (Å²) in [7, 11) is 3.23. The summed E-state index contributed by atoms with van der Waals surface area (Å²) in [6, 6.07) is 7.39. The third kappa shape index (κ3) is 3.97. The van der Waals surface area contributed by atoms with Crippen molar-refractivity contribution in [2.45, 2.75) is 20.4 Å². The van der Waals surface area contributed by atoms with Gasteiger partial charge in [-0.05, 0) is 32.0 Å². The Morgan fingerprint density at radius 2 is 2.15 bits per heavy atom. The maximum Gasteiger partial charge on any atom is 0.226 e. The fraction of sp³-hybridized carbons (Fsp3) is 0.467. The molecule has 0 aliphatic rings. The molecule has 108 valence electrons. The SMILES string of the molecule is CNC(=O)C(C)(C)CNCc1cc(C#N)ccc1OC. The molecule has 5 heteroatoms. The number of hydrogen-bond donors (Lipinski definition) is 2. The summed E-state index contributed by atoms with van der Waals surface area (Å²) in [5, 5.41) is 14.8. The molecule has 0 aliphatic heterocycles. The lowest BCUT2D eigenvalue weighted by molar-refractivity contribution is -0.128. The summed E-state index contributed by atoms with van der Waals surface area (Å²) < 4.78 is 5.27. The average molecular weight is 275 g/mol. The number of carbonyl (C=O) groups excluding carboxylic acids is 1. The Morgan fingerprint density at radius 1 is 1.45 bits per heavy atom. The highest BCUT2D eigenvalue weighted by molar-refractivity contribution is 5.81. The Labute approximate surface area is 119 Å². The van der Waals surface area contributed by atoms with Crippen molar-refractivity contribution in [1.29, 1.82) is 5.26 Å². The van der Waals surface area contributed by atoms with Gasteiger partial charge in [0.25, 0.3) is 0 Å². The topological polar surface area (TPSA) is 74.2 Å². The minimum atomic E-state index is -0.491. The van der Waals surface area contributed by atoms with Gasteiger partial charge in [0, 0.05) is 25.7 Å². The summed E-state index contributed by atoms with van der Waals surface area (Å²) in [6.07, 6.45) is 0. The lowest BCUT2D eigenvalue weighted by Gasteiger charge is -2.23. The summed E-state index contributed by atoms with van der Waals surface area (Å²) in [5.74, 6) is 0.719. The molecule has 0 aromatic heterocycles. The Kier molecular flexibility index (Phi) is 5.53. The number of rotatable bonds is 6. The second-order valence-corrected chi connectivity index (χ2v) is 5.20. The van der Waals surface area contributed by atoms with Crippen LogP contribution in [0.5, 0.6) is 5.75 Å². The van der Waals surface area contributed by atoms with E-state index >= 15 is 0 Å². The van der Waals surface area contributed by atoms with Crippen molar-refractivity contribution in [3.63, 3.8) is 0 Å². The van der Waals surface area contributed by atoms with Crippen molar-refractivity contribution in [3.05, 3.63) is 29.3 Å². The maximum atomic E-state index is 11.7. The standard InChI is InChI=1S/C15H21N3O2/c1-15(2,14(19)17-3)10-18-9-12-7-11(8-16)5-6-13(12)20-4/h5-7,18H,9-10H2,1-4H3,(H,17,19).